The van der Waals surface area contributed by atoms with Gasteiger partial charge in [-0.25, -0.2) is 9.18 Å². The zero-order valence-electron chi connectivity index (χ0n) is 13.2. The topological polar surface area (TPSA) is 35.6 Å². The van der Waals surface area contributed by atoms with Gasteiger partial charge < -0.3 is 10.2 Å². The van der Waals surface area contributed by atoms with Crippen LogP contribution in [0.2, 0.25) is 5.02 Å². The van der Waals surface area contributed by atoms with Crippen molar-refractivity contribution in [2.24, 2.45) is 0 Å². The van der Waals surface area contributed by atoms with Gasteiger partial charge in [0.15, 0.2) is 0 Å². The molecule has 1 heterocycles. The first-order valence-corrected chi connectivity index (χ1v) is 8.27. The molecule has 0 aliphatic carbocycles. The molecule has 0 atom stereocenters. The van der Waals surface area contributed by atoms with Gasteiger partial charge in [-0.3, -0.25) is 4.90 Å². The summed E-state index contributed by atoms with van der Waals surface area (Å²) in [7, 11) is 0. The van der Waals surface area contributed by atoms with E-state index in [0.29, 0.717) is 49.0 Å². The number of rotatable bonds is 3. The van der Waals surface area contributed by atoms with Crippen LogP contribution < -0.4 is 5.32 Å². The first-order valence-electron chi connectivity index (χ1n) is 7.90. The summed E-state index contributed by atoms with van der Waals surface area (Å²) < 4.78 is 13.7. The summed E-state index contributed by atoms with van der Waals surface area (Å²) in [6.07, 6.45) is 0. The predicted octanol–water partition coefficient (Wildman–Crippen LogP) is 3.83. The molecular formula is C18H19ClFN3O. The molecule has 1 aliphatic rings. The van der Waals surface area contributed by atoms with Crippen molar-refractivity contribution < 1.29 is 9.18 Å². The summed E-state index contributed by atoms with van der Waals surface area (Å²) in [5.41, 5.74) is 1.30. The molecule has 6 heteroatoms. The number of halogens is 2. The van der Waals surface area contributed by atoms with Gasteiger partial charge in [0, 0.05) is 38.3 Å². The highest BCUT2D eigenvalue weighted by Crippen LogP contribution is 2.21. The molecule has 0 aromatic heterocycles. The minimum atomic E-state index is -0.184. The van der Waals surface area contributed by atoms with Crippen molar-refractivity contribution in [3.63, 3.8) is 0 Å². The fourth-order valence-corrected chi connectivity index (χ4v) is 2.92. The van der Waals surface area contributed by atoms with E-state index in [1.165, 1.54) is 6.07 Å². The molecule has 2 aromatic rings. The number of carbonyl (C=O) groups excluding carboxylic acids is 1. The summed E-state index contributed by atoms with van der Waals surface area (Å²) in [6, 6.07) is 13.8. The van der Waals surface area contributed by atoms with Crippen molar-refractivity contribution in [2.45, 2.75) is 6.54 Å². The molecule has 1 aliphatic heterocycles. The lowest BCUT2D eigenvalue weighted by Crippen LogP contribution is -2.49. The number of hydrogen-bond acceptors (Lipinski definition) is 2. The highest BCUT2D eigenvalue weighted by Gasteiger charge is 2.22. The third-order valence-electron chi connectivity index (χ3n) is 4.13. The summed E-state index contributed by atoms with van der Waals surface area (Å²) in [4.78, 5) is 16.2. The van der Waals surface area contributed by atoms with Crippen molar-refractivity contribution in [2.75, 3.05) is 31.5 Å². The lowest BCUT2D eigenvalue weighted by molar-refractivity contribution is 0.142. The van der Waals surface area contributed by atoms with Crippen molar-refractivity contribution in [3.05, 3.63) is 64.9 Å². The maximum absolute atomic E-state index is 13.7. The van der Waals surface area contributed by atoms with E-state index in [1.807, 2.05) is 18.2 Å². The second-order valence-electron chi connectivity index (χ2n) is 5.76. The van der Waals surface area contributed by atoms with E-state index in [4.69, 9.17) is 11.6 Å². The van der Waals surface area contributed by atoms with E-state index < -0.39 is 0 Å². The van der Waals surface area contributed by atoms with Crippen LogP contribution in [0.3, 0.4) is 0 Å². The quantitative estimate of drug-likeness (QED) is 0.916. The standard InChI is InChI=1S/C18H19ClFN3O/c19-15-6-2-4-8-17(15)21-18(24)23-11-9-22(10-12-23)13-14-5-1-3-7-16(14)20/h1-8H,9-13H2,(H,21,24). The van der Waals surface area contributed by atoms with Gasteiger partial charge in [0.05, 0.1) is 10.7 Å². The average Bonchev–Trinajstić information content (AvgIpc) is 2.59. The highest BCUT2D eigenvalue weighted by molar-refractivity contribution is 6.33. The van der Waals surface area contributed by atoms with Crippen LogP contribution in [0.5, 0.6) is 0 Å². The molecule has 0 unspecified atom stereocenters. The van der Waals surface area contributed by atoms with Crippen molar-refractivity contribution in [1.29, 1.82) is 0 Å². The van der Waals surface area contributed by atoms with Gasteiger partial charge in [0.2, 0.25) is 0 Å². The lowest BCUT2D eigenvalue weighted by atomic mass is 10.2. The van der Waals surface area contributed by atoms with E-state index in [-0.39, 0.29) is 11.8 Å². The van der Waals surface area contributed by atoms with Crippen LogP contribution in [-0.4, -0.2) is 42.0 Å². The Labute approximate surface area is 145 Å². The zero-order chi connectivity index (χ0) is 16.9. The van der Waals surface area contributed by atoms with Gasteiger partial charge in [-0.15, -0.1) is 0 Å². The monoisotopic (exact) mass is 347 g/mol. The van der Waals surface area contributed by atoms with Gasteiger partial charge in [0.1, 0.15) is 5.82 Å². The number of benzene rings is 2. The molecule has 1 saturated heterocycles. The van der Waals surface area contributed by atoms with Crippen molar-refractivity contribution in [3.8, 4) is 0 Å². The lowest BCUT2D eigenvalue weighted by Gasteiger charge is -2.34. The van der Waals surface area contributed by atoms with Crippen LogP contribution in [0.4, 0.5) is 14.9 Å². The summed E-state index contributed by atoms with van der Waals surface area (Å²) in [5.74, 6) is -0.184. The molecule has 1 N–H and O–H groups in total. The van der Waals surface area contributed by atoms with Gasteiger partial charge in [-0.2, -0.15) is 0 Å². The smallest absolute Gasteiger partial charge is 0.321 e. The Morgan fingerprint density at radius 2 is 1.71 bits per heavy atom. The SMILES string of the molecule is O=C(Nc1ccccc1Cl)N1CCN(Cc2ccccc2F)CC1. The molecular weight excluding hydrogens is 329 g/mol. The number of carbonyl (C=O) groups is 1. The minimum absolute atomic E-state index is 0.159. The van der Waals surface area contributed by atoms with E-state index in [2.05, 4.69) is 10.2 Å². The molecule has 1 fully saturated rings. The fraction of sp³-hybridized carbons (Fsp3) is 0.278. The fourth-order valence-electron chi connectivity index (χ4n) is 2.73. The molecule has 0 saturated carbocycles. The number of hydrogen-bond donors (Lipinski definition) is 1. The van der Waals surface area contributed by atoms with Crippen LogP contribution in [0.25, 0.3) is 0 Å². The molecule has 0 spiro atoms. The number of urea groups is 1. The largest absolute Gasteiger partial charge is 0.322 e. The molecule has 2 aromatic carbocycles. The number of anilines is 1. The van der Waals surface area contributed by atoms with E-state index in [0.717, 1.165) is 0 Å². The van der Waals surface area contributed by atoms with Crippen LogP contribution in [0.15, 0.2) is 48.5 Å². The Hall–Kier alpha value is -2.11. The molecule has 126 valence electrons. The molecule has 0 bridgehead atoms. The van der Waals surface area contributed by atoms with E-state index >= 15 is 0 Å². The Bertz CT molecular complexity index is 717. The molecule has 0 radical (unpaired) electrons. The summed E-state index contributed by atoms with van der Waals surface area (Å²) in [6.45, 7) is 3.19. The Kier molecular flexibility index (Phi) is 5.33. The van der Waals surface area contributed by atoms with Gasteiger partial charge in [0.25, 0.3) is 0 Å². The zero-order valence-corrected chi connectivity index (χ0v) is 14.0. The first kappa shape index (κ1) is 16.7. The third-order valence-corrected chi connectivity index (χ3v) is 4.46. The molecule has 2 amide bonds. The predicted molar refractivity (Wildman–Crippen MR) is 93.7 cm³/mol. The normalized spacial score (nSPS) is 15.3. The number of nitrogens with one attached hydrogen (secondary N) is 1. The number of amides is 2. The van der Waals surface area contributed by atoms with Gasteiger partial charge in [-0.05, 0) is 18.2 Å². The Morgan fingerprint density at radius 1 is 1.04 bits per heavy atom. The van der Waals surface area contributed by atoms with E-state index in [9.17, 15) is 9.18 Å². The first-order chi connectivity index (χ1) is 11.6. The molecule has 3 rings (SSSR count). The third kappa shape index (κ3) is 4.04. The molecule has 4 nitrogen and oxygen atoms in total. The van der Waals surface area contributed by atoms with Crippen molar-refractivity contribution in [1.82, 2.24) is 9.80 Å². The molecule has 24 heavy (non-hydrogen) atoms. The van der Waals surface area contributed by atoms with Gasteiger partial charge >= 0.3 is 6.03 Å². The average molecular weight is 348 g/mol. The van der Waals surface area contributed by atoms with Crippen LogP contribution in [0.1, 0.15) is 5.56 Å². The van der Waals surface area contributed by atoms with Crippen LogP contribution >= 0.6 is 11.6 Å². The maximum Gasteiger partial charge on any atom is 0.321 e. The maximum atomic E-state index is 13.7. The number of para-hydroxylation sites is 1. The summed E-state index contributed by atoms with van der Waals surface area (Å²) >= 11 is 6.06. The Balaban J connectivity index is 1.52. The minimum Gasteiger partial charge on any atom is -0.322 e. The van der Waals surface area contributed by atoms with Gasteiger partial charge in [-0.1, -0.05) is 41.9 Å². The van der Waals surface area contributed by atoms with Crippen LogP contribution in [0, 0.1) is 5.82 Å². The number of piperazine rings is 1. The highest BCUT2D eigenvalue weighted by atomic mass is 35.5. The van der Waals surface area contributed by atoms with E-state index in [1.54, 1.807) is 29.2 Å². The summed E-state index contributed by atoms with van der Waals surface area (Å²) in [5, 5.41) is 3.35. The Morgan fingerprint density at radius 3 is 2.42 bits per heavy atom. The van der Waals surface area contributed by atoms with Crippen molar-refractivity contribution >= 4 is 23.3 Å². The van der Waals surface area contributed by atoms with Crippen LogP contribution in [-0.2, 0) is 6.54 Å². The second kappa shape index (κ2) is 7.64. The second-order valence-corrected chi connectivity index (χ2v) is 6.17. The number of nitrogens with zero attached hydrogens (tertiary/aromatic N) is 2.